The van der Waals surface area contributed by atoms with E-state index in [-0.39, 0.29) is 6.10 Å². The van der Waals surface area contributed by atoms with Gasteiger partial charge in [-0.25, -0.2) is 0 Å². The molecule has 1 fully saturated rings. The standard InChI is InChI=1S/C15H19NO2S/c1-18-12-4-2-3-10(7-12)8-15-16-13-6-5-11(17)9-14(13)19-15/h2-4,7,11,13-14,17H,5-6,8-9H2,1H3. The molecule has 4 heteroatoms. The molecule has 3 unspecified atom stereocenters. The number of ether oxygens (including phenoxy) is 1. The molecule has 1 aliphatic carbocycles. The van der Waals surface area contributed by atoms with Gasteiger partial charge in [0.2, 0.25) is 0 Å². The number of hydrogen-bond acceptors (Lipinski definition) is 4. The van der Waals surface area contributed by atoms with Crippen LogP contribution in [0.4, 0.5) is 0 Å². The van der Waals surface area contributed by atoms with E-state index in [2.05, 4.69) is 12.1 Å². The third-order valence-electron chi connectivity index (χ3n) is 3.82. The maximum absolute atomic E-state index is 9.72. The van der Waals surface area contributed by atoms with Gasteiger partial charge in [0.25, 0.3) is 0 Å². The molecule has 1 aliphatic heterocycles. The minimum Gasteiger partial charge on any atom is -0.497 e. The molecule has 1 aromatic rings. The van der Waals surface area contributed by atoms with Gasteiger partial charge in [0.05, 0.1) is 24.3 Å². The van der Waals surface area contributed by atoms with Crippen LogP contribution < -0.4 is 4.74 Å². The van der Waals surface area contributed by atoms with Gasteiger partial charge in [-0.05, 0) is 37.0 Å². The summed E-state index contributed by atoms with van der Waals surface area (Å²) in [6.45, 7) is 0. The second-order valence-electron chi connectivity index (χ2n) is 5.24. The van der Waals surface area contributed by atoms with Crippen molar-refractivity contribution in [2.24, 2.45) is 4.99 Å². The van der Waals surface area contributed by atoms with Crippen molar-refractivity contribution in [3.05, 3.63) is 29.8 Å². The molecule has 3 atom stereocenters. The Morgan fingerprint density at radius 1 is 1.42 bits per heavy atom. The highest BCUT2D eigenvalue weighted by Gasteiger charge is 2.35. The molecule has 19 heavy (non-hydrogen) atoms. The van der Waals surface area contributed by atoms with Crippen LogP contribution in [-0.2, 0) is 6.42 Å². The van der Waals surface area contributed by atoms with Crippen molar-refractivity contribution in [3.63, 3.8) is 0 Å². The first kappa shape index (κ1) is 13.0. The summed E-state index contributed by atoms with van der Waals surface area (Å²) >= 11 is 1.86. The number of aliphatic imine (C=N–C) groups is 1. The predicted molar refractivity (Wildman–Crippen MR) is 79.2 cm³/mol. The van der Waals surface area contributed by atoms with Gasteiger partial charge in [0.15, 0.2) is 0 Å². The molecule has 0 aromatic heterocycles. The Hall–Kier alpha value is -1.00. The number of aliphatic hydroxyl groups excluding tert-OH is 1. The molecule has 1 aromatic carbocycles. The quantitative estimate of drug-likeness (QED) is 0.923. The van der Waals surface area contributed by atoms with Gasteiger partial charge in [-0.2, -0.15) is 0 Å². The van der Waals surface area contributed by atoms with Crippen molar-refractivity contribution in [2.45, 2.75) is 43.1 Å². The summed E-state index contributed by atoms with van der Waals surface area (Å²) < 4.78 is 5.25. The topological polar surface area (TPSA) is 41.8 Å². The molecular weight excluding hydrogens is 258 g/mol. The van der Waals surface area contributed by atoms with Gasteiger partial charge in [0.1, 0.15) is 5.75 Å². The highest BCUT2D eigenvalue weighted by molar-refractivity contribution is 8.14. The molecule has 0 saturated heterocycles. The first-order chi connectivity index (χ1) is 9.24. The SMILES string of the molecule is COc1cccc(CC2=NC3CCC(O)CC3S2)c1. The van der Waals surface area contributed by atoms with E-state index in [0.717, 1.165) is 31.4 Å². The van der Waals surface area contributed by atoms with E-state index >= 15 is 0 Å². The Balaban J connectivity index is 1.67. The molecule has 0 radical (unpaired) electrons. The Morgan fingerprint density at radius 3 is 3.16 bits per heavy atom. The molecule has 2 aliphatic rings. The van der Waals surface area contributed by atoms with Crippen LogP contribution in [0, 0.1) is 0 Å². The molecule has 3 nitrogen and oxygen atoms in total. The third kappa shape index (κ3) is 2.95. The van der Waals surface area contributed by atoms with E-state index in [1.54, 1.807) is 7.11 Å². The fraction of sp³-hybridized carbons (Fsp3) is 0.533. The lowest BCUT2D eigenvalue weighted by atomic mass is 9.93. The molecule has 3 rings (SSSR count). The largest absolute Gasteiger partial charge is 0.497 e. The van der Waals surface area contributed by atoms with Crippen LogP contribution in [0.25, 0.3) is 0 Å². The summed E-state index contributed by atoms with van der Waals surface area (Å²) in [4.78, 5) is 4.82. The van der Waals surface area contributed by atoms with Gasteiger partial charge in [-0.3, -0.25) is 4.99 Å². The lowest BCUT2D eigenvalue weighted by Crippen LogP contribution is -2.30. The summed E-state index contributed by atoms with van der Waals surface area (Å²) in [6.07, 6.45) is 3.57. The van der Waals surface area contributed by atoms with E-state index in [1.165, 1.54) is 10.6 Å². The molecule has 1 N–H and O–H groups in total. The van der Waals surface area contributed by atoms with E-state index in [0.29, 0.717) is 11.3 Å². The van der Waals surface area contributed by atoms with Crippen LogP contribution >= 0.6 is 11.8 Å². The van der Waals surface area contributed by atoms with E-state index in [4.69, 9.17) is 9.73 Å². The summed E-state index contributed by atoms with van der Waals surface area (Å²) in [5, 5.41) is 11.4. The zero-order valence-corrected chi connectivity index (χ0v) is 11.9. The number of nitrogens with zero attached hydrogens (tertiary/aromatic N) is 1. The van der Waals surface area contributed by atoms with Crippen molar-refractivity contribution in [1.29, 1.82) is 0 Å². The summed E-state index contributed by atoms with van der Waals surface area (Å²) in [5.74, 6) is 0.897. The third-order valence-corrected chi connectivity index (χ3v) is 5.15. The van der Waals surface area contributed by atoms with Crippen molar-refractivity contribution in [2.75, 3.05) is 7.11 Å². The van der Waals surface area contributed by atoms with Gasteiger partial charge in [-0.15, -0.1) is 11.8 Å². The van der Waals surface area contributed by atoms with Crippen LogP contribution in [0.5, 0.6) is 5.75 Å². The molecule has 102 valence electrons. The lowest BCUT2D eigenvalue weighted by molar-refractivity contribution is 0.127. The Morgan fingerprint density at radius 2 is 2.32 bits per heavy atom. The lowest BCUT2D eigenvalue weighted by Gasteiger charge is -2.26. The van der Waals surface area contributed by atoms with Crippen LogP contribution in [0.3, 0.4) is 0 Å². The van der Waals surface area contributed by atoms with Gasteiger partial charge in [0, 0.05) is 11.7 Å². The van der Waals surface area contributed by atoms with Crippen LogP contribution in [-0.4, -0.2) is 34.7 Å². The smallest absolute Gasteiger partial charge is 0.119 e. The number of hydrogen-bond donors (Lipinski definition) is 1. The predicted octanol–water partition coefficient (Wildman–Crippen LogP) is 2.67. The average Bonchev–Trinajstić information content (AvgIpc) is 2.80. The average molecular weight is 277 g/mol. The fourth-order valence-corrected chi connectivity index (χ4v) is 4.27. The van der Waals surface area contributed by atoms with Gasteiger partial charge >= 0.3 is 0 Å². The minimum atomic E-state index is -0.125. The number of rotatable bonds is 3. The molecular formula is C15H19NO2S. The number of benzene rings is 1. The summed E-state index contributed by atoms with van der Waals surface area (Å²) in [6, 6.07) is 8.59. The molecule has 1 heterocycles. The number of thioether (sulfide) groups is 1. The number of aliphatic hydroxyl groups is 1. The highest BCUT2D eigenvalue weighted by atomic mass is 32.2. The minimum absolute atomic E-state index is 0.125. The highest BCUT2D eigenvalue weighted by Crippen LogP contribution is 2.38. The first-order valence-corrected chi connectivity index (χ1v) is 7.67. The zero-order valence-electron chi connectivity index (χ0n) is 11.1. The Kier molecular flexibility index (Phi) is 3.80. The monoisotopic (exact) mass is 277 g/mol. The first-order valence-electron chi connectivity index (χ1n) is 6.79. The van der Waals surface area contributed by atoms with Crippen LogP contribution in [0.15, 0.2) is 29.3 Å². The van der Waals surface area contributed by atoms with Crippen molar-refractivity contribution in [3.8, 4) is 5.75 Å². The maximum Gasteiger partial charge on any atom is 0.119 e. The summed E-state index contributed by atoms with van der Waals surface area (Å²) in [7, 11) is 1.69. The van der Waals surface area contributed by atoms with Gasteiger partial charge < -0.3 is 9.84 Å². The molecule has 0 bridgehead atoms. The molecule has 0 amide bonds. The van der Waals surface area contributed by atoms with Crippen LogP contribution in [0.1, 0.15) is 24.8 Å². The second kappa shape index (κ2) is 5.55. The van der Waals surface area contributed by atoms with Crippen molar-refractivity contribution in [1.82, 2.24) is 0 Å². The number of fused-ring (bicyclic) bond motifs is 1. The fourth-order valence-electron chi connectivity index (χ4n) is 2.80. The van der Waals surface area contributed by atoms with Crippen molar-refractivity contribution < 1.29 is 9.84 Å². The zero-order chi connectivity index (χ0) is 13.2. The summed E-state index contributed by atoms with van der Waals surface area (Å²) in [5.41, 5.74) is 1.24. The Labute approximate surface area is 118 Å². The number of methoxy groups -OCH3 is 1. The van der Waals surface area contributed by atoms with E-state index < -0.39 is 0 Å². The molecule has 0 spiro atoms. The van der Waals surface area contributed by atoms with E-state index in [1.807, 2.05) is 23.9 Å². The normalized spacial score (nSPS) is 29.8. The van der Waals surface area contributed by atoms with E-state index in [9.17, 15) is 5.11 Å². The molecule has 1 saturated carbocycles. The van der Waals surface area contributed by atoms with Gasteiger partial charge in [-0.1, -0.05) is 12.1 Å². The second-order valence-corrected chi connectivity index (χ2v) is 6.55. The maximum atomic E-state index is 9.72. The Bertz CT molecular complexity index is 489. The van der Waals surface area contributed by atoms with Crippen LogP contribution in [0.2, 0.25) is 0 Å². The van der Waals surface area contributed by atoms with Crippen molar-refractivity contribution >= 4 is 16.8 Å².